The number of hydrogen-bond donors (Lipinski definition) is 2. The van der Waals surface area contributed by atoms with Gasteiger partial charge in [0.2, 0.25) is 0 Å². The fourth-order valence-electron chi connectivity index (χ4n) is 6.56. The minimum atomic E-state index is -0.364. The van der Waals surface area contributed by atoms with Crippen LogP contribution in [-0.2, 0) is 0 Å². The topological polar surface area (TPSA) is 121 Å². The molecule has 8 rings (SSSR count). The molecule has 0 atom stereocenters. The van der Waals surface area contributed by atoms with Crippen molar-refractivity contribution in [1.29, 1.82) is 0 Å². The predicted molar refractivity (Wildman–Crippen MR) is 178 cm³/mol. The largest absolute Gasteiger partial charge is 0.492 e. The molecule has 2 fully saturated rings. The van der Waals surface area contributed by atoms with E-state index in [0.29, 0.717) is 52.9 Å². The number of H-pyrrole nitrogens is 2. The lowest BCUT2D eigenvalue weighted by Crippen LogP contribution is -2.25. The van der Waals surface area contributed by atoms with Crippen LogP contribution in [-0.4, -0.2) is 97.4 Å². The lowest BCUT2D eigenvalue weighted by atomic mass is 10.1. The number of likely N-dealkylation sites (tertiary alicyclic amines) is 2. The van der Waals surface area contributed by atoms with Crippen LogP contribution in [0.4, 0.5) is 4.39 Å². The number of aromatic amines is 2. The number of ether oxygens (including phenoxy) is 2. The molecule has 240 valence electrons. The van der Waals surface area contributed by atoms with Crippen LogP contribution in [0.15, 0.2) is 61.2 Å². The number of nitrogens with zero attached hydrogens (tertiary/aromatic N) is 7. The van der Waals surface area contributed by atoms with Crippen molar-refractivity contribution >= 4 is 22.2 Å². The Morgan fingerprint density at radius 1 is 0.745 bits per heavy atom. The quantitative estimate of drug-likeness (QED) is 0.185. The van der Waals surface area contributed by atoms with Gasteiger partial charge in [-0.05, 0) is 87.8 Å². The van der Waals surface area contributed by atoms with E-state index in [0.717, 1.165) is 67.1 Å². The zero-order valence-corrected chi connectivity index (χ0v) is 26.1. The van der Waals surface area contributed by atoms with E-state index in [4.69, 9.17) is 14.5 Å². The molecular formula is C35H36FN9O2. The van der Waals surface area contributed by atoms with E-state index in [-0.39, 0.29) is 5.82 Å². The van der Waals surface area contributed by atoms with Crippen molar-refractivity contribution in [1.82, 2.24) is 44.9 Å². The molecule has 5 aromatic heterocycles. The standard InChI is InChI=1S/C35H36FN9O2/c36-26-15-23(16-27(19-26)46-13-11-44-7-1-2-8-44)29-5-6-38-34-31(29)40-35(41-34)32-30-18-25(21-39-33(30)43-42-32)24-17-28(22-37-20-24)47-14-12-45-9-3-4-10-45/h5-6,15-22H,1-4,7-14H2,(H,38,40,41)(H,39,42,43). The van der Waals surface area contributed by atoms with Crippen molar-refractivity contribution in [3.63, 3.8) is 0 Å². The van der Waals surface area contributed by atoms with Gasteiger partial charge in [0, 0.05) is 54.4 Å². The fourth-order valence-corrected chi connectivity index (χ4v) is 6.56. The molecule has 0 saturated carbocycles. The molecule has 2 aliphatic heterocycles. The molecular weight excluding hydrogens is 597 g/mol. The van der Waals surface area contributed by atoms with Gasteiger partial charge in [-0.3, -0.25) is 19.9 Å². The van der Waals surface area contributed by atoms with Crippen LogP contribution >= 0.6 is 0 Å². The summed E-state index contributed by atoms with van der Waals surface area (Å²) in [7, 11) is 0. The van der Waals surface area contributed by atoms with Crippen molar-refractivity contribution in [2.24, 2.45) is 0 Å². The summed E-state index contributed by atoms with van der Waals surface area (Å²) in [6, 6.07) is 10.7. The number of aromatic nitrogens is 7. The summed E-state index contributed by atoms with van der Waals surface area (Å²) in [5, 5.41) is 8.32. The van der Waals surface area contributed by atoms with Crippen LogP contribution in [0, 0.1) is 5.82 Å². The summed E-state index contributed by atoms with van der Waals surface area (Å²) in [5.41, 5.74) is 5.65. The zero-order valence-electron chi connectivity index (χ0n) is 26.1. The molecule has 2 N–H and O–H groups in total. The second-order valence-electron chi connectivity index (χ2n) is 12.2. The Balaban J connectivity index is 1.05. The first-order chi connectivity index (χ1) is 23.2. The van der Waals surface area contributed by atoms with Crippen molar-refractivity contribution in [2.45, 2.75) is 25.7 Å². The van der Waals surface area contributed by atoms with Gasteiger partial charge < -0.3 is 14.5 Å². The number of benzene rings is 1. The Bertz CT molecular complexity index is 2010. The van der Waals surface area contributed by atoms with Gasteiger partial charge in [0.05, 0.1) is 17.1 Å². The first-order valence-electron chi connectivity index (χ1n) is 16.3. The third-order valence-electron chi connectivity index (χ3n) is 9.02. The number of pyridine rings is 3. The van der Waals surface area contributed by atoms with Gasteiger partial charge in [-0.25, -0.2) is 19.3 Å². The summed E-state index contributed by atoms with van der Waals surface area (Å²) < 4.78 is 26.8. The number of rotatable bonds is 11. The highest BCUT2D eigenvalue weighted by Crippen LogP contribution is 2.34. The minimum absolute atomic E-state index is 0.364. The van der Waals surface area contributed by atoms with Crippen LogP contribution in [0.2, 0.25) is 0 Å². The molecule has 12 heteroatoms. The number of imidazole rings is 1. The third-order valence-corrected chi connectivity index (χ3v) is 9.02. The fraction of sp³-hybridized carbons (Fsp3) is 0.343. The molecule has 11 nitrogen and oxygen atoms in total. The molecule has 0 unspecified atom stereocenters. The van der Waals surface area contributed by atoms with Gasteiger partial charge in [-0.1, -0.05) is 0 Å². The molecule has 1 aromatic carbocycles. The van der Waals surface area contributed by atoms with E-state index >= 15 is 0 Å². The van der Waals surface area contributed by atoms with E-state index in [2.05, 4.69) is 39.9 Å². The molecule has 47 heavy (non-hydrogen) atoms. The average Bonchev–Trinajstić information content (AvgIpc) is 3.91. The first kappa shape index (κ1) is 29.5. The highest BCUT2D eigenvalue weighted by molar-refractivity contribution is 5.96. The SMILES string of the molecule is Fc1cc(OCCN2CCCC2)cc(-c2ccnc3nc(-c4[nH]nc5ncc(-c6cncc(OCCN7CCCC7)c6)cc45)[nH]c23)c1. The van der Waals surface area contributed by atoms with Crippen molar-refractivity contribution in [2.75, 3.05) is 52.5 Å². The lowest BCUT2D eigenvalue weighted by molar-refractivity contribution is 0.237. The zero-order chi connectivity index (χ0) is 31.6. The van der Waals surface area contributed by atoms with E-state index in [9.17, 15) is 4.39 Å². The average molecular weight is 634 g/mol. The Kier molecular flexibility index (Phi) is 8.18. The Morgan fingerprint density at radius 3 is 2.26 bits per heavy atom. The molecule has 0 radical (unpaired) electrons. The molecule has 0 amide bonds. The smallest absolute Gasteiger partial charge is 0.181 e. The Hall–Kier alpha value is -4.94. The van der Waals surface area contributed by atoms with Crippen molar-refractivity contribution in [3.05, 3.63) is 67.0 Å². The normalized spacial score (nSPS) is 15.7. The van der Waals surface area contributed by atoms with Crippen LogP contribution in [0.3, 0.4) is 0 Å². The second kappa shape index (κ2) is 13.0. The number of fused-ring (bicyclic) bond motifs is 2. The molecule has 0 aliphatic carbocycles. The van der Waals surface area contributed by atoms with Crippen LogP contribution in [0.25, 0.3) is 56.0 Å². The molecule has 7 heterocycles. The van der Waals surface area contributed by atoms with E-state index in [1.807, 2.05) is 24.3 Å². The molecule has 6 aromatic rings. The van der Waals surface area contributed by atoms with Gasteiger partial charge in [0.1, 0.15) is 36.2 Å². The first-order valence-corrected chi connectivity index (χ1v) is 16.3. The van der Waals surface area contributed by atoms with E-state index in [1.165, 1.54) is 37.8 Å². The third kappa shape index (κ3) is 6.38. The van der Waals surface area contributed by atoms with Gasteiger partial charge in [-0.2, -0.15) is 5.10 Å². The second-order valence-corrected chi connectivity index (χ2v) is 12.2. The number of nitrogens with one attached hydrogen (secondary N) is 2. The molecule has 0 spiro atoms. The lowest BCUT2D eigenvalue weighted by Gasteiger charge is -2.15. The summed E-state index contributed by atoms with van der Waals surface area (Å²) in [6.45, 7) is 7.35. The maximum Gasteiger partial charge on any atom is 0.181 e. The van der Waals surface area contributed by atoms with Gasteiger partial charge >= 0.3 is 0 Å². The maximum absolute atomic E-state index is 14.8. The molecule has 0 bridgehead atoms. The highest BCUT2D eigenvalue weighted by Gasteiger charge is 2.18. The number of hydrogen-bond acceptors (Lipinski definition) is 9. The predicted octanol–water partition coefficient (Wildman–Crippen LogP) is 5.71. The molecule has 2 saturated heterocycles. The minimum Gasteiger partial charge on any atom is -0.492 e. The van der Waals surface area contributed by atoms with Gasteiger partial charge in [-0.15, -0.1) is 0 Å². The van der Waals surface area contributed by atoms with Crippen molar-refractivity contribution < 1.29 is 13.9 Å². The van der Waals surface area contributed by atoms with Crippen LogP contribution in [0.5, 0.6) is 11.5 Å². The Labute approximate surface area is 271 Å². The highest BCUT2D eigenvalue weighted by atomic mass is 19.1. The summed E-state index contributed by atoms with van der Waals surface area (Å²) in [6.07, 6.45) is 12.0. The van der Waals surface area contributed by atoms with Crippen LogP contribution in [0.1, 0.15) is 25.7 Å². The monoisotopic (exact) mass is 633 g/mol. The number of halogens is 1. The molecule has 2 aliphatic rings. The summed E-state index contributed by atoms with van der Waals surface area (Å²) >= 11 is 0. The van der Waals surface area contributed by atoms with Crippen molar-refractivity contribution in [3.8, 4) is 45.3 Å². The summed E-state index contributed by atoms with van der Waals surface area (Å²) in [5.74, 6) is 1.41. The maximum atomic E-state index is 14.8. The van der Waals surface area contributed by atoms with Gasteiger partial charge in [0.15, 0.2) is 17.1 Å². The van der Waals surface area contributed by atoms with E-state index in [1.54, 1.807) is 24.8 Å². The van der Waals surface area contributed by atoms with Crippen LogP contribution < -0.4 is 9.47 Å². The Morgan fingerprint density at radius 2 is 1.47 bits per heavy atom. The summed E-state index contributed by atoms with van der Waals surface area (Å²) in [4.78, 5) is 26.5. The van der Waals surface area contributed by atoms with Gasteiger partial charge in [0.25, 0.3) is 0 Å². The van der Waals surface area contributed by atoms with E-state index < -0.39 is 0 Å².